The molecule has 1 amide bonds. The fourth-order valence-corrected chi connectivity index (χ4v) is 3.01. The van der Waals surface area contributed by atoms with E-state index in [9.17, 15) is 4.79 Å². The number of carbonyl (C=O) groups is 1. The summed E-state index contributed by atoms with van der Waals surface area (Å²) in [5.41, 5.74) is -0.0473. The van der Waals surface area contributed by atoms with Gasteiger partial charge in [0.25, 0.3) is 5.89 Å². The summed E-state index contributed by atoms with van der Waals surface area (Å²) in [6.45, 7) is 7.55. The van der Waals surface area contributed by atoms with E-state index in [-0.39, 0.29) is 17.4 Å². The summed E-state index contributed by atoms with van der Waals surface area (Å²) >= 11 is 1.55. The van der Waals surface area contributed by atoms with Crippen LogP contribution in [0.2, 0.25) is 0 Å². The third-order valence-corrected chi connectivity index (χ3v) is 4.47. The van der Waals surface area contributed by atoms with Gasteiger partial charge in [-0.1, -0.05) is 38.1 Å². The van der Waals surface area contributed by atoms with Crippen LogP contribution in [-0.4, -0.2) is 40.7 Å². The highest BCUT2D eigenvalue weighted by Crippen LogP contribution is 2.27. The first-order valence-corrected chi connectivity index (χ1v) is 8.77. The molecule has 3 heterocycles. The Bertz CT molecular complexity index is 716. The highest BCUT2D eigenvalue weighted by molar-refractivity contribution is 7.13. The molecule has 6 nitrogen and oxygen atoms in total. The number of nitrogens with zero attached hydrogens (tertiary/aromatic N) is 3. The number of ether oxygens (including phenoxy) is 1. The Morgan fingerprint density at radius 1 is 1.46 bits per heavy atom. The molecule has 1 aliphatic heterocycles. The van der Waals surface area contributed by atoms with E-state index in [2.05, 4.69) is 30.9 Å². The van der Waals surface area contributed by atoms with Crippen LogP contribution in [-0.2, 0) is 9.53 Å². The van der Waals surface area contributed by atoms with E-state index in [0.717, 1.165) is 4.88 Å². The van der Waals surface area contributed by atoms with E-state index in [1.807, 2.05) is 23.6 Å². The van der Waals surface area contributed by atoms with Crippen LogP contribution in [0.3, 0.4) is 0 Å². The number of allylic oxidation sites excluding steroid dienone is 1. The number of rotatable bonds is 3. The van der Waals surface area contributed by atoms with Crippen molar-refractivity contribution in [1.29, 1.82) is 0 Å². The highest BCUT2D eigenvalue weighted by Gasteiger charge is 2.32. The molecule has 1 unspecified atom stereocenters. The summed E-state index contributed by atoms with van der Waals surface area (Å²) < 4.78 is 10.9. The van der Waals surface area contributed by atoms with Crippen LogP contribution in [0.4, 0.5) is 0 Å². The lowest BCUT2D eigenvalue weighted by Crippen LogP contribution is -2.42. The Morgan fingerprint density at radius 3 is 3.00 bits per heavy atom. The molecule has 24 heavy (non-hydrogen) atoms. The lowest BCUT2D eigenvalue weighted by Gasteiger charge is -2.32. The quantitative estimate of drug-likeness (QED) is 0.797. The van der Waals surface area contributed by atoms with E-state index in [4.69, 9.17) is 9.26 Å². The van der Waals surface area contributed by atoms with Crippen LogP contribution < -0.4 is 0 Å². The Kier molecular flexibility index (Phi) is 4.82. The second-order valence-electron chi connectivity index (χ2n) is 6.76. The van der Waals surface area contributed by atoms with Crippen molar-refractivity contribution in [3.05, 3.63) is 35.6 Å². The Hall–Kier alpha value is -1.99. The average molecular weight is 347 g/mol. The van der Waals surface area contributed by atoms with Crippen molar-refractivity contribution in [3.8, 4) is 10.7 Å². The summed E-state index contributed by atoms with van der Waals surface area (Å²) in [6, 6.07) is 3.52. The van der Waals surface area contributed by atoms with Gasteiger partial charge in [-0.25, -0.2) is 0 Å². The maximum absolute atomic E-state index is 12.6. The second kappa shape index (κ2) is 6.86. The molecule has 1 fully saturated rings. The summed E-state index contributed by atoms with van der Waals surface area (Å²) in [6.07, 6.45) is 3.53. The van der Waals surface area contributed by atoms with Crippen molar-refractivity contribution in [2.24, 2.45) is 5.41 Å². The van der Waals surface area contributed by atoms with Gasteiger partial charge in [0.15, 0.2) is 0 Å². The molecule has 1 aliphatic rings. The molecule has 7 heteroatoms. The van der Waals surface area contributed by atoms with Gasteiger partial charge in [0.05, 0.1) is 18.1 Å². The molecule has 0 radical (unpaired) electrons. The van der Waals surface area contributed by atoms with Crippen LogP contribution in [0.15, 0.2) is 34.2 Å². The summed E-state index contributed by atoms with van der Waals surface area (Å²) in [4.78, 5) is 19.7. The fraction of sp³-hybridized carbons (Fsp3) is 0.471. The molecule has 0 saturated carbocycles. The maximum atomic E-state index is 12.6. The van der Waals surface area contributed by atoms with Gasteiger partial charge in [-0.05, 0) is 22.9 Å². The molecule has 2 aromatic heterocycles. The third kappa shape index (κ3) is 3.91. The predicted octanol–water partition coefficient (Wildman–Crippen LogP) is 3.30. The third-order valence-electron chi connectivity index (χ3n) is 3.61. The fourth-order valence-electron chi connectivity index (χ4n) is 2.37. The van der Waals surface area contributed by atoms with E-state index in [0.29, 0.717) is 31.5 Å². The van der Waals surface area contributed by atoms with E-state index in [1.54, 1.807) is 22.3 Å². The second-order valence-corrected chi connectivity index (χ2v) is 7.70. The van der Waals surface area contributed by atoms with Crippen molar-refractivity contribution >= 4 is 17.2 Å². The topological polar surface area (TPSA) is 68.5 Å². The number of hydrogen-bond donors (Lipinski definition) is 0. The predicted molar refractivity (Wildman–Crippen MR) is 91.5 cm³/mol. The molecule has 0 bridgehead atoms. The van der Waals surface area contributed by atoms with Crippen molar-refractivity contribution in [1.82, 2.24) is 15.0 Å². The summed E-state index contributed by atoms with van der Waals surface area (Å²) in [5, 5.41) is 5.99. The normalized spacial score (nSPS) is 19.1. The van der Waals surface area contributed by atoms with Crippen molar-refractivity contribution in [2.45, 2.75) is 26.8 Å². The largest absolute Gasteiger partial charge is 0.377 e. The number of thiophene rings is 1. The SMILES string of the molecule is CC(C)(C)/C=C/C(=O)N1CCOCC1c1nc(-c2cccs2)no1. The Labute approximate surface area is 145 Å². The number of morpholine rings is 1. The number of hydrogen-bond acceptors (Lipinski definition) is 6. The van der Waals surface area contributed by atoms with Gasteiger partial charge in [-0.2, -0.15) is 4.98 Å². The van der Waals surface area contributed by atoms with Gasteiger partial charge < -0.3 is 14.2 Å². The molecule has 3 rings (SSSR count). The minimum Gasteiger partial charge on any atom is -0.377 e. The standard InChI is InChI=1S/C17H21N3O3S/c1-17(2,3)7-6-14(21)20-8-9-22-11-12(20)16-18-15(19-23-16)13-5-4-10-24-13/h4-7,10,12H,8-9,11H2,1-3H3/b7-6+. The van der Waals surface area contributed by atoms with Crippen molar-refractivity contribution in [2.75, 3.05) is 19.8 Å². The molecule has 128 valence electrons. The monoisotopic (exact) mass is 347 g/mol. The van der Waals surface area contributed by atoms with Crippen LogP contribution in [0.1, 0.15) is 32.7 Å². The zero-order valence-electron chi connectivity index (χ0n) is 14.1. The molecule has 0 N–H and O–H groups in total. The van der Waals surface area contributed by atoms with Gasteiger partial charge in [0, 0.05) is 6.54 Å². The molecule has 1 saturated heterocycles. The Morgan fingerprint density at radius 2 is 2.29 bits per heavy atom. The summed E-state index contributed by atoms with van der Waals surface area (Å²) in [5.74, 6) is 0.896. The molecule has 0 spiro atoms. The molecule has 0 aromatic carbocycles. The minimum atomic E-state index is -0.350. The van der Waals surface area contributed by atoms with Gasteiger partial charge in [0.1, 0.15) is 6.04 Å². The number of carbonyl (C=O) groups excluding carboxylic acids is 1. The lowest BCUT2D eigenvalue weighted by atomic mass is 9.96. The zero-order valence-corrected chi connectivity index (χ0v) is 14.9. The first-order valence-electron chi connectivity index (χ1n) is 7.89. The van der Waals surface area contributed by atoms with E-state index >= 15 is 0 Å². The number of amides is 1. The lowest BCUT2D eigenvalue weighted by molar-refractivity contribution is -0.136. The van der Waals surface area contributed by atoms with Crippen molar-refractivity contribution < 1.29 is 14.1 Å². The number of aromatic nitrogens is 2. The highest BCUT2D eigenvalue weighted by atomic mass is 32.1. The van der Waals surface area contributed by atoms with Gasteiger partial charge in [-0.15, -0.1) is 11.3 Å². The molecule has 0 aliphatic carbocycles. The maximum Gasteiger partial charge on any atom is 0.252 e. The zero-order chi connectivity index (χ0) is 17.2. The molecule has 2 aromatic rings. The van der Waals surface area contributed by atoms with Crippen LogP contribution in [0, 0.1) is 5.41 Å². The van der Waals surface area contributed by atoms with Gasteiger partial charge in [0.2, 0.25) is 11.7 Å². The van der Waals surface area contributed by atoms with Gasteiger partial charge >= 0.3 is 0 Å². The summed E-state index contributed by atoms with van der Waals surface area (Å²) in [7, 11) is 0. The van der Waals surface area contributed by atoms with Crippen molar-refractivity contribution in [3.63, 3.8) is 0 Å². The minimum absolute atomic E-state index is 0.0473. The smallest absolute Gasteiger partial charge is 0.252 e. The van der Waals surface area contributed by atoms with E-state index in [1.165, 1.54) is 0 Å². The average Bonchev–Trinajstić information content (AvgIpc) is 3.22. The first-order chi connectivity index (χ1) is 11.4. The first kappa shape index (κ1) is 16.9. The van der Waals surface area contributed by atoms with Crippen LogP contribution in [0.25, 0.3) is 10.7 Å². The van der Waals surface area contributed by atoms with E-state index < -0.39 is 0 Å². The van der Waals surface area contributed by atoms with Gasteiger partial charge in [-0.3, -0.25) is 4.79 Å². The molecular formula is C17H21N3O3S. The van der Waals surface area contributed by atoms with Crippen LogP contribution in [0.5, 0.6) is 0 Å². The van der Waals surface area contributed by atoms with Crippen LogP contribution >= 0.6 is 11.3 Å². The molecular weight excluding hydrogens is 326 g/mol. The molecule has 1 atom stereocenters. The Balaban J connectivity index is 1.80.